The van der Waals surface area contributed by atoms with Crippen molar-refractivity contribution in [1.82, 2.24) is 38.2 Å². The zero-order valence-corrected chi connectivity index (χ0v) is 80.2. The highest BCUT2D eigenvalue weighted by Crippen LogP contribution is 2.47. The van der Waals surface area contributed by atoms with Crippen LogP contribution < -0.4 is 40.9 Å². The molecular formula is C105H112F10N16O16. The third-order valence-electron chi connectivity index (χ3n) is 28.6. The van der Waals surface area contributed by atoms with Crippen molar-refractivity contribution in [3.05, 3.63) is 214 Å². The van der Waals surface area contributed by atoms with Crippen molar-refractivity contribution in [2.24, 2.45) is 17.8 Å². The summed E-state index contributed by atoms with van der Waals surface area (Å²) in [5, 5.41) is 51.2. The standard InChI is InChI=1S/C27H30F2N4O4.2C26H27F3N4O4.C26H28F2N4O4/c28-24(29)18-5-4-6-19(15-18)25(36)31-26-30-21-16-20(32-12-14-37-17-23(32)35)7-8-22(21)33(26)27(11-13-34)9-2-1-3-10-27;2*27-26(28,29)18-6-3-5-16(12-18)24(36)31-25-30-20-13-19(32-10-11-37-15-23(32)35)8-9-22(20)33(25)21-7-2-1-4-17(21)14-34;27-24(28)16-5-3-6-17(12-16)25(35)30-26-29-20-13-19(31-10-11-36-15-23(31)34)8-9-22(20)32(26)21-7-2-1-4-18(21)14-33/h4-8,15-16,24,34H,1-3,9-14,17H2,(H,30,31,36);2*3,5-6,8-9,12-13,17,21,34H,1-2,4,7,10-11,14-15H2,(H,30,31,36);3,5-6,8-9,12-13,18,21,24,33H,1-2,4,7,10-11,14-15H2,(H,29,30,35)/t;17-,21+;17-,21-;18-,21-/m.100/s1. The molecule has 0 unspecified atom stereocenters. The molecule has 8 fully saturated rings. The molecule has 778 valence electrons. The molecule has 32 nitrogen and oxygen atoms in total. The third kappa shape index (κ3) is 23.5. The highest BCUT2D eigenvalue weighted by atomic mass is 19.4. The van der Waals surface area contributed by atoms with Crippen LogP contribution in [-0.4, -0.2) is 211 Å². The van der Waals surface area contributed by atoms with E-state index in [4.69, 9.17) is 28.9 Å². The van der Waals surface area contributed by atoms with E-state index in [0.717, 1.165) is 144 Å². The predicted octanol–water partition coefficient (Wildman–Crippen LogP) is 17.7. The van der Waals surface area contributed by atoms with Gasteiger partial charge in [0.2, 0.25) is 23.8 Å². The van der Waals surface area contributed by atoms with Gasteiger partial charge in [-0.1, -0.05) is 94.2 Å². The molecule has 6 atom stereocenters. The number of anilines is 8. The molecule has 8 heterocycles. The Hall–Kier alpha value is -13.6. The fraction of sp³-hybridized carbons (Fsp3) is 0.429. The van der Waals surface area contributed by atoms with Crippen LogP contribution in [0, 0.1) is 17.8 Å². The molecule has 0 radical (unpaired) electrons. The zero-order chi connectivity index (χ0) is 104. The van der Waals surface area contributed by atoms with Gasteiger partial charge in [0.1, 0.15) is 26.4 Å². The van der Waals surface area contributed by atoms with E-state index in [9.17, 15) is 103 Å². The molecule has 0 bridgehead atoms. The second kappa shape index (κ2) is 46.2. The van der Waals surface area contributed by atoms with Gasteiger partial charge in [-0.05, 0) is 191 Å². The van der Waals surface area contributed by atoms with Crippen molar-refractivity contribution in [3.8, 4) is 0 Å². The minimum Gasteiger partial charge on any atom is -0.396 e. The van der Waals surface area contributed by atoms with E-state index in [0.29, 0.717) is 121 Å². The van der Waals surface area contributed by atoms with Gasteiger partial charge < -0.3 is 77.2 Å². The Morgan fingerprint density at radius 3 is 0.959 bits per heavy atom. The molecule has 8 aliphatic rings. The zero-order valence-electron chi connectivity index (χ0n) is 80.2. The minimum atomic E-state index is -4.58. The van der Waals surface area contributed by atoms with Crippen LogP contribution >= 0.6 is 0 Å². The van der Waals surface area contributed by atoms with Crippen molar-refractivity contribution in [1.29, 1.82) is 0 Å². The number of ether oxygens (including phenoxy) is 4. The van der Waals surface area contributed by atoms with Crippen LogP contribution in [0.5, 0.6) is 0 Å². The Morgan fingerprint density at radius 2 is 0.653 bits per heavy atom. The van der Waals surface area contributed by atoms with Gasteiger partial charge in [-0.15, -0.1) is 0 Å². The average Bonchev–Trinajstić information content (AvgIpc) is 1.59. The summed E-state index contributed by atoms with van der Waals surface area (Å²) < 4.78 is 161. The Morgan fingerprint density at radius 1 is 0.361 bits per heavy atom. The molecule has 8 amide bonds. The van der Waals surface area contributed by atoms with Crippen LogP contribution in [0.15, 0.2) is 170 Å². The van der Waals surface area contributed by atoms with Crippen LogP contribution in [0.25, 0.3) is 44.1 Å². The van der Waals surface area contributed by atoms with E-state index in [1.165, 1.54) is 72.8 Å². The van der Waals surface area contributed by atoms with Crippen LogP contribution in [0.3, 0.4) is 0 Å². The number of benzene rings is 8. The van der Waals surface area contributed by atoms with Gasteiger partial charge in [-0.3, -0.25) is 59.6 Å². The first kappa shape index (κ1) is 105. The van der Waals surface area contributed by atoms with Crippen molar-refractivity contribution in [3.63, 3.8) is 0 Å². The van der Waals surface area contributed by atoms with Gasteiger partial charge >= 0.3 is 12.4 Å². The Bertz CT molecular complexity index is 6620. The number of halogens is 10. The van der Waals surface area contributed by atoms with E-state index in [1.54, 1.807) is 49.9 Å². The highest BCUT2D eigenvalue weighted by Gasteiger charge is 2.42. The Kier molecular flexibility index (Phi) is 32.9. The summed E-state index contributed by atoms with van der Waals surface area (Å²) >= 11 is 0. The second-order valence-electron chi connectivity index (χ2n) is 37.7. The van der Waals surface area contributed by atoms with Gasteiger partial charge in [0.15, 0.2) is 0 Å². The first-order valence-corrected chi connectivity index (χ1v) is 49.3. The summed E-state index contributed by atoms with van der Waals surface area (Å²) in [6.07, 6.45) is 1.23. The van der Waals surface area contributed by atoms with Crippen LogP contribution in [0.4, 0.5) is 90.4 Å². The van der Waals surface area contributed by atoms with Crippen molar-refractivity contribution < 1.29 is 122 Å². The second-order valence-corrected chi connectivity index (χ2v) is 37.7. The van der Waals surface area contributed by atoms with Gasteiger partial charge in [-0.25, -0.2) is 37.5 Å². The quantitative estimate of drug-likeness (QED) is 0.0276. The number of aliphatic hydroxyl groups is 4. The van der Waals surface area contributed by atoms with Crippen molar-refractivity contribution >= 4 is 138 Å². The molecule has 8 aromatic carbocycles. The topological polar surface area (TPSA) is 387 Å². The van der Waals surface area contributed by atoms with E-state index >= 15 is 0 Å². The number of nitrogens with one attached hydrogen (secondary N) is 4. The number of rotatable bonds is 23. The first-order chi connectivity index (χ1) is 70.9. The number of carbonyl (C=O) groups is 8. The fourth-order valence-electron chi connectivity index (χ4n) is 21.2. The number of fused-ring (bicyclic) bond motifs is 4. The van der Waals surface area contributed by atoms with Crippen molar-refractivity contribution in [2.75, 3.05) is 146 Å². The number of imidazole rings is 4. The van der Waals surface area contributed by atoms with Gasteiger partial charge in [-0.2, -0.15) is 26.3 Å². The fourth-order valence-corrected chi connectivity index (χ4v) is 21.2. The van der Waals surface area contributed by atoms with E-state index in [2.05, 4.69) is 31.2 Å². The number of amides is 8. The third-order valence-corrected chi connectivity index (χ3v) is 28.6. The van der Waals surface area contributed by atoms with Crippen molar-refractivity contribution in [2.45, 2.75) is 164 Å². The largest absolute Gasteiger partial charge is 0.416 e. The maximum atomic E-state index is 13.2. The first-order valence-electron chi connectivity index (χ1n) is 49.3. The lowest BCUT2D eigenvalue weighted by molar-refractivity contribution is -0.138. The molecule has 4 saturated heterocycles. The number of alkyl halides is 10. The number of hydrogen-bond acceptors (Lipinski definition) is 20. The number of carbonyl (C=O) groups excluding carboxylic acids is 8. The van der Waals surface area contributed by atoms with E-state index in [-0.39, 0.29) is 164 Å². The number of aliphatic hydroxyl groups excluding tert-OH is 4. The molecule has 4 saturated carbocycles. The molecule has 147 heavy (non-hydrogen) atoms. The minimum absolute atomic E-state index is 0.00513. The summed E-state index contributed by atoms with van der Waals surface area (Å²) in [7, 11) is 0. The maximum Gasteiger partial charge on any atom is 0.416 e. The number of nitrogens with zero attached hydrogens (tertiary/aromatic N) is 12. The number of aromatic nitrogens is 8. The molecule has 0 spiro atoms. The van der Waals surface area contributed by atoms with Crippen LogP contribution in [0.2, 0.25) is 0 Å². The molecule has 4 aliphatic heterocycles. The Labute approximate surface area is 836 Å². The monoisotopic (exact) mass is 2040 g/mol. The lowest BCUT2D eigenvalue weighted by atomic mass is 9.79. The van der Waals surface area contributed by atoms with Crippen LogP contribution in [0.1, 0.15) is 210 Å². The molecule has 8 N–H and O–H groups in total. The smallest absolute Gasteiger partial charge is 0.396 e. The summed E-state index contributed by atoms with van der Waals surface area (Å²) in [6, 6.07) is 40.6. The summed E-state index contributed by atoms with van der Waals surface area (Å²) in [5.41, 5.74) is 5.02. The summed E-state index contributed by atoms with van der Waals surface area (Å²) in [4.78, 5) is 127. The van der Waals surface area contributed by atoms with E-state index < -0.39 is 65.5 Å². The molecule has 4 aromatic heterocycles. The Balaban J connectivity index is 0.000000134. The number of hydrogen-bond donors (Lipinski definition) is 8. The predicted molar refractivity (Wildman–Crippen MR) is 526 cm³/mol. The van der Waals surface area contributed by atoms with Gasteiger partial charge in [0.05, 0.1) is 87.2 Å². The molecule has 12 aromatic rings. The van der Waals surface area contributed by atoms with E-state index in [1.807, 2.05) is 60.7 Å². The summed E-state index contributed by atoms with van der Waals surface area (Å²) in [6.45, 7) is 3.32. The lowest BCUT2D eigenvalue weighted by Crippen LogP contribution is -2.41. The molecule has 4 aliphatic carbocycles. The lowest BCUT2D eigenvalue weighted by Gasteiger charge is -2.40. The van der Waals surface area contributed by atoms with Gasteiger partial charge in [0, 0.05) is 145 Å². The SMILES string of the molecule is O=C(Nc1nc2cc(N3CCOCC3=O)ccc2n1C1(CCO)CCCCC1)c1cccc(C(F)F)c1.O=C(Nc1nc2cc(N3CCOCC3=O)ccc2n1[C@H]1CCCC[C@@H]1CO)c1cccc(C(F)(F)F)c1.O=C(Nc1nc2cc(N3CCOCC3=O)ccc2n1[C@H]1CCCC[C@H]1CO)c1cccc(C(F)(F)F)c1.O=C(Nc1nc2cc(N3CCOCC3=O)ccc2n1[C@H]1CCCC[C@H]1CO)c1cccc(C(F)F)c1. The molecular weight excluding hydrogens is 1930 g/mol. The summed E-state index contributed by atoms with van der Waals surface area (Å²) in [5.74, 6) is -2.32. The van der Waals surface area contributed by atoms with Gasteiger partial charge in [0.25, 0.3) is 60.1 Å². The number of morpholine rings is 4. The molecule has 42 heteroatoms. The molecule has 20 rings (SSSR count). The normalized spacial score (nSPS) is 20.1. The maximum absolute atomic E-state index is 13.2. The average molecular weight is 2040 g/mol. The highest BCUT2D eigenvalue weighted by molar-refractivity contribution is 6.08. The van der Waals surface area contributed by atoms with Crippen LogP contribution in [-0.2, 0) is 56.0 Å².